The van der Waals surface area contributed by atoms with Crippen LogP contribution in [0.3, 0.4) is 0 Å². The van der Waals surface area contributed by atoms with Crippen LogP contribution in [0.5, 0.6) is 5.75 Å². The first-order valence-electron chi connectivity index (χ1n) is 11.8. The number of hydrogen-bond donors (Lipinski definition) is 2. The predicted octanol–water partition coefficient (Wildman–Crippen LogP) is 4.12. The fourth-order valence-corrected chi connectivity index (χ4v) is 3.17. The van der Waals surface area contributed by atoms with E-state index in [0.717, 1.165) is 6.26 Å². The molecule has 0 heterocycles. The Labute approximate surface area is 216 Å². The molecule has 3 N–H and O–H groups in total. The molecule has 0 aliphatic rings. The summed E-state index contributed by atoms with van der Waals surface area (Å²) in [6, 6.07) is 4.05. The van der Waals surface area contributed by atoms with Gasteiger partial charge in [0.2, 0.25) is 0 Å². The number of ether oxygens (including phenoxy) is 2. The maximum absolute atomic E-state index is 12.5. The number of hydrogen-bond acceptors (Lipinski definition) is 9. The first kappa shape index (κ1) is 34.0. The number of esters is 2. The Hall–Kier alpha value is -2.01. The van der Waals surface area contributed by atoms with Crippen molar-refractivity contribution in [2.75, 3.05) is 12.9 Å². The van der Waals surface area contributed by atoms with Crippen LogP contribution < -0.4 is 10.5 Å². The van der Waals surface area contributed by atoms with Crippen molar-refractivity contribution in [2.24, 2.45) is 22.0 Å². The Bertz CT molecular complexity index is 983. The average molecular weight is 532 g/mol. The molecular weight excluding hydrogens is 486 g/mol. The molecule has 0 aromatic heterocycles. The van der Waals surface area contributed by atoms with E-state index < -0.39 is 50.4 Å². The highest BCUT2D eigenvalue weighted by molar-refractivity contribution is 7.86. The minimum Gasteiger partial charge on any atom is -0.460 e. The van der Waals surface area contributed by atoms with E-state index in [1.807, 2.05) is 20.8 Å². The highest BCUT2D eigenvalue weighted by Gasteiger charge is 2.34. The lowest BCUT2D eigenvalue weighted by Gasteiger charge is -2.33. The van der Waals surface area contributed by atoms with Gasteiger partial charge in [0.05, 0.1) is 17.1 Å². The molecule has 2 unspecified atom stereocenters. The second-order valence-corrected chi connectivity index (χ2v) is 13.4. The molecule has 0 aliphatic heterocycles. The summed E-state index contributed by atoms with van der Waals surface area (Å²) in [5.74, 6) is -0.687. The van der Waals surface area contributed by atoms with E-state index >= 15 is 0 Å². The minimum atomic E-state index is -3.83. The predicted molar refractivity (Wildman–Crippen MR) is 140 cm³/mol. The van der Waals surface area contributed by atoms with E-state index in [-0.39, 0.29) is 19.0 Å². The first-order valence-corrected chi connectivity index (χ1v) is 13.6. The molecular formula is C26H45NO8S. The fourth-order valence-electron chi connectivity index (χ4n) is 2.57. The summed E-state index contributed by atoms with van der Waals surface area (Å²) in [6.45, 7) is 17.7. The number of carbonyl (C=O) groups is 2. The van der Waals surface area contributed by atoms with Crippen molar-refractivity contribution >= 4 is 22.1 Å². The van der Waals surface area contributed by atoms with Crippen LogP contribution in [0, 0.1) is 16.2 Å². The standard InChI is InChI=1S/C24H39NO7S.C2H6O/c1-22(2,3)19(25)18(32-33(10,28)29)15-11-12-17(31-21(27)24(7,8)9)16(13-15)14-30-20(26)23(4,5)6;1-2-3/h11-13,18-19H,14,25H2,1-10H3;3H,2H2,1H3. The third kappa shape index (κ3) is 11.8. The zero-order chi connectivity index (χ0) is 28.7. The van der Waals surface area contributed by atoms with E-state index in [1.165, 1.54) is 6.07 Å². The number of carbonyl (C=O) groups excluding carboxylic acids is 2. The third-order valence-electron chi connectivity index (χ3n) is 4.80. The first-order chi connectivity index (χ1) is 16.0. The van der Waals surface area contributed by atoms with E-state index in [1.54, 1.807) is 60.6 Å². The van der Waals surface area contributed by atoms with Gasteiger partial charge in [0.15, 0.2) is 0 Å². The Morgan fingerprint density at radius 1 is 0.972 bits per heavy atom. The van der Waals surface area contributed by atoms with Crippen LogP contribution in [0.15, 0.2) is 18.2 Å². The summed E-state index contributed by atoms with van der Waals surface area (Å²) in [5.41, 5.74) is 5.27. The van der Waals surface area contributed by atoms with Gasteiger partial charge in [-0.2, -0.15) is 8.42 Å². The van der Waals surface area contributed by atoms with Crippen molar-refractivity contribution in [3.05, 3.63) is 29.3 Å². The molecule has 10 heteroatoms. The Kier molecular flexibility index (Phi) is 12.3. The summed E-state index contributed by atoms with van der Waals surface area (Å²) < 4.78 is 40.3. The largest absolute Gasteiger partial charge is 0.460 e. The van der Waals surface area contributed by atoms with Crippen LogP contribution in [0.2, 0.25) is 0 Å². The third-order valence-corrected chi connectivity index (χ3v) is 5.36. The van der Waals surface area contributed by atoms with Crippen LogP contribution in [0.25, 0.3) is 0 Å². The topological polar surface area (TPSA) is 142 Å². The quantitative estimate of drug-likeness (QED) is 0.302. The highest BCUT2D eigenvalue weighted by Crippen LogP contribution is 2.35. The summed E-state index contributed by atoms with van der Waals surface area (Å²) in [7, 11) is -3.83. The summed E-state index contributed by atoms with van der Waals surface area (Å²) in [5, 5.41) is 7.57. The van der Waals surface area contributed by atoms with Crippen molar-refractivity contribution < 1.29 is 36.8 Å². The van der Waals surface area contributed by atoms with Gasteiger partial charge < -0.3 is 20.3 Å². The number of aliphatic hydroxyl groups is 1. The molecule has 0 fully saturated rings. The lowest BCUT2D eigenvalue weighted by Crippen LogP contribution is -2.42. The molecule has 1 aromatic carbocycles. The fraction of sp³-hybridized carbons (Fsp3) is 0.692. The van der Waals surface area contributed by atoms with Gasteiger partial charge in [-0.05, 0) is 71.6 Å². The van der Waals surface area contributed by atoms with Crippen LogP contribution in [0.4, 0.5) is 0 Å². The van der Waals surface area contributed by atoms with Crippen molar-refractivity contribution in [2.45, 2.75) is 88.0 Å². The minimum absolute atomic E-state index is 0.174. The van der Waals surface area contributed by atoms with E-state index in [2.05, 4.69) is 0 Å². The maximum Gasteiger partial charge on any atom is 0.316 e. The second kappa shape index (κ2) is 13.0. The van der Waals surface area contributed by atoms with Gasteiger partial charge in [0, 0.05) is 18.2 Å². The van der Waals surface area contributed by atoms with Crippen LogP contribution in [-0.4, -0.2) is 44.4 Å². The monoisotopic (exact) mass is 531 g/mol. The molecule has 0 spiro atoms. The maximum atomic E-state index is 12.5. The lowest BCUT2D eigenvalue weighted by molar-refractivity contribution is -0.154. The Morgan fingerprint density at radius 3 is 1.83 bits per heavy atom. The molecule has 0 saturated carbocycles. The van der Waals surface area contributed by atoms with Gasteiger partial charge in [-0.1, -0.05) is 26.8 Å². The van der Waals surface area contributed by atoms with Gasteiger partial charge >= 0.3 is 11.9 Å². The van der Waals surface area contributed by atoms with Gasteiger partial charge in [0.25, 0.3) is 10.1 Å². The van der Waals surface area contributed by atoms with Gasteiger partial charge in [-0.25, -0.2) is 0 Å². The lowest BCUT2D eigenvalue weighted by atomic mass is 9.81. The summed E-state index contributed by atoms with van der Waals surface area (Å²) in [6.07, 6.45) is -0.0367. The molecule has 0 radical (unpaired) electrons. The molecule has 0 aliphatic carbocycles. The molecule has 0 bridgehead atoms. The molecule has 208 valence electrons. The van der Waals surface area contributed by atoms with Gasteiger partial charge in [0.1, 0.15) is 18.5 Å². The highest BCUT2D eigenvalue weighted by atomic mass is 32.2. The van der Waals surface area contributed by atoms with Gasteiger partial charge in [-0.15, -0.1) is 0 Å². The molecule has 1 aromatic rings. The van der Waals surface area contributed by atoms with Gasteiger partial charge in [-0.3, -0.25) is 13.8 Å². The number of benzene rings is 1. The average Bonchev–Trinajstić information content (AvgIpc) is 2.68. The normalized spacial score (nSPS) is 14.2. The van der Waals surface area contributed by atoms with E-state index in [4.69, 9.17) is 24.5 Å². The molecule has 2 atom stereocenters. The molecule has 0 saturated heterocycles. The zero-order valence-corrected chi connectivity index (χ0v) is 24.4. The van der Waals surface area contributed by atoms with Crippen molar-refractivity contribution in [1.82, 2.24) is 0 Å². The SMILES string of the molecule is CC(C)(C)C(=O)OCc1cc(C(OS(C)(=O)=O)C(N)C(C)(C)C)ccc1OC(=O)C(C)(C)C.CCO. The van der Waals surface area contributed by atoms with Crippen LogP contribution in [0.1, 0.15) is 86.5 Å². The van der Waals surface area contributed by atoms with Crippen molar-refractivity contribution in [1.29, 1.82) is 0 Å². The van der Waals surface area contributed by atoms with E-state index in [0.29, 0.717) is 11.1 Å². The van der Waals surface area contributed by atoms with Crippen LogP contribution >= 0.6 is 0 Å². The Morgan fingerprint density at radius 2 is 1.44 bits per heavy atom. The smallest absolute Gasteiger partial charge is 0.316 e. The molecule has 9 nitrogen and oxygen atoms in total. The van der Waals surface area contributed by atoms with E-state index in [9.17, 15) is 18.0 Å². The zero-order valence-electron chi connectivity index (χ0n) is 23.6. The molecule has 0 amide bonds. The molecule has 36 heavy (non-hydrogen) atoms. The molecule has 1 rings (SSSR count). The number of aliphatic hydroxyl groups excluding tert-OH is 1. The van der Waals surface area contributed by atoms with Crippen LogP contribution in [-0.2, 0) is 35.2 Å². The van der Waals surface area contributed by atoms with Crippen molar-refractivity contribution in [3.63, 3.8) is 0 Å². The summed E-state index contributed by atoms with van der Waals surface area (Å²) >= 11 is 0. The summed E-state index contributed by atoms with van der Waals surface area (Å²) in [4.78, 5) is 24.8. The van der Waals surface area contributed by atoms with Crippen molar-refractivity contribution in [3.8, 4) is 5.75 Å². The Balaban J connectivity index is 0.00000387. The number of nitrogens with two attached hydrogens (primary N) is 1. The second-order valence-electron chi connectivity index (χ2n) is 11.8. The number of rotatable bonds is 7.